The van der Waals surface area contributed by atoms with Gasteiger partial charge in [0, 0.05) is 16.5 Å². The quantitative estimate of drug-likeness (QED) is 0.788. The fourth-order valence-corrected chi connectivity index (χ4v) is 3.23. The maximum Gasteiger partial charge on any atom is 0.131 e. The van der Waals surface area contributed by atoms with Gasteiger partial charge in [-0.15, -0.1) is 0 Å². The molecular formula is C16H17N3S. The van der Waals surface area contributed by atoms with Crippen molar-refractivity contribution in [1.82, 2.24) is 9.78 Å². The molecule has 0 aliphatic rings. The molecule has 2 aromatic heterocycles. The molecule has 2 heterocycles. The first-order valence-electron chi connectivity index (χ1n) is 6.68. The third-order valence-electron chi connectivity index (χ3n) is 3.49. The molecule has 0 aliphatic carbocycles. The van der Waals surface area contributed by atoms with Crippen molar-refractivity contribution in [2.75, 3.05) is 5.73 Å². The maximum absolute atomic E-state index is 6.31. The highest BCUT2D eigenvalue weighted by atomic mass is 32.1. The smallest absolute Gasteiger partial charge is 0.131 e. The summed E-state index contributed by atoms with van der Waals surface area (Å²) in [4.78, 5) is 0. The van der Waals surface area contributed by atoms with E-state index in [1.807, 2.05) is 35.0 Å². The van der Waals surface area contributed by atoms with Crippen LogP contribution in [0.25, 0.3) is 16.9 Å². The second-order valence-electron chi connectivity index (χ2n) is 4.78. The Bertz CT molecular complexity index is 726. The van der Waals surface area contributed by atoms with Crippen molar-refractivity contribution in [3.05, 3.63) is 52.2 Å². The van der Waals surface area contributed by atoms with E-state index < -0.39 is 0 Å². The van der Waals surface area contributed by atoms with Crippen molar-refractivity contribution in [2.45, 2.75) is 20.3 Å². The van der Waals surface area contributed by atoms with Gasteiger partial charge in [0.05, 0.1) is 11.4 Å². The molecule has 0 saturated heterocycles. The summed E-state index contributed by atoms with van der Waals surface area (Å²) in [6.45, 7) is 4.23. The predicted molar refractivity (Wildman–Crippen MR) is 85.4 cm³/mol. The molecule has 0 atom stereocenters. The number of para-hydroxylation sites is 1. The predicted octanol–water partition coefficient (Wildman–Crippen LogP) is 4.05. The molecule has 0 aliphatic heterocycles. The summed E-state index contributed by atoms with van der Waals surface area (Å²) in [5.41, 5.74) is 11.9. The zero-order chi connectivity index (χ0) is 14.1. The minimum atomic E-state index is 0.735. The summed E-state index contributed by atoms with van der Waals surface area (Å²) in [5.74, 6) is 0.735. The number of aryl methyl sites for hydroxylation is 1. The minimum absolute atomic E-state index is 0.735. The topological polar surface area (TPSA) is 43.8 Å². The Balaban J connectivity index is 2.21. The van der Waals surface area contributed by atoms with Crippen LogP contribution in [-0.4, -0.2) is 9.78 Å². The average Bonchev–Trinajstić information content (AvgIpc) is 3.03. The van der Waals surface area contributed by atoms with Gasteiger partial charge in [-0.2, -0.15) is 16.4 Å². The lowest BCUT2D eigenvalue weighted by Crippen LogP contribution is -2.02. The van der Waals surface area contributed by atoms with Gasteiger partial charge in [-0.3, -0.25) is 0 Å². The first kappa shape index (κ1) is 12.9. The highest BCUT2D eigenvalue weighted by Gasteiger charge is 2.18. The number of hydrogen-bond donors (Lipinski definition) is 1. The van der Waals surface area contributed by atoms with Crippen LogP contribution in [-0.2, 0) is 6.42 Å². The van der Waals surface area contributed by atoms with E-state index in [0.717, 1.165) is 29.2 Å². The van der Waals surface area contributed by atoms with E-state index in [1.54, 1.807) is 11.3 Å². The first-order valence-corrected chi connectivity index (χ1v) is 7.62. The zero-order valence-corrected chi connectivity index (χ0v) is 12.4. The second kappa shape index (κ2) is 5.13. The minimum Gasteiger partial charge on any atom is -0.383 e. The van der Waals surface area contributed by atoms with Gasteiger partial charge < -0.3 is 5.73 Å². The number of nitrogens with zero attached hydrogens (tertiary/aromatic N) is 2. The summed E-state index contributed by atoms with van der Waals surface area (Å²) >= 11 is 1.70. The largest absolute Gasteiger partial charge is 0.383 e. The molecular weight excluding hydrogens is 266 g/mol. The van der Waals surface area contributed by atoms with Crippen molar-refractivity contribution in [3.8, 4) is 16.9 Å². The highest BCUT2D eigenvalue weighted by Crippen LogP contribution is 2.33. The highest BCUT2D eigenvalue weighted by molar-refractivity contribution is 7.08. The maximum atomic E-state index is 6.31. The van der Waals surface area contributed by atoms with Gasteiger partial charge in [-0.1, -0.05) is 25.1 Å². The number of benzene rings is 1. The molecule has 0 unspecified atom stereocenters. The Hall–Kier alpha value is -2.07. The van der Waals surface area contributed by atoms with Crippen molar-refractivity contribution < 1.29 is 0 Å². The van der Waals surface area contributed by atoms with Crippen LogP contribution in [0.5, 0.6) is 0 Å². The standard InChI is InChI=1S/C16H17N3S/c1-3-13-15(14-10-20-9-11(14)2)18-19(16(13)17)12-7-5-4-6-8-12/h4-10H,3,17H2,1-2H3. The molecule has 0 amide bonds. The van der Waals surface area contributed by atoms with Gasteiger partial charge in [-0.25, -0.2) is 4.68 Å². The molecule has 102 valence electrons. The number of rotatable bonds is 3. The lowest BCUT2D eigenvalue weighted by atomic mass is 10.1. The molecule has 0 radical (unpaired) electrons. The summed E-state index contributed by atoms with van der Waals surface area (Å²) in [6, 6.07) is 10.0. The van der Waals surface area contributed by atoms with Crippen molar-refractivity contribution >= 4 is 17.2 Å². The van der Waals surface area contributed by atoms with Crippen LogP contribution in [0.2, 0.25) is 0 Å². The van der Waals surface area contributed by atoms with E-state index in [2.05, 4.69) is 24.6 Å². The van der Waals surface area contributed by atoms with E-state index in [-0.39, 0.29) is 0 Å². The van der Waals surface area contributed by atoms with Crippen LogP contribution in [0.15, 0.2) is 41.1 Å². The molecule has 0 saturated carbocycles. The Morgan fingerprint density at radius 1 is 1.20 bits per heavy atom. The number of thiophene rings is 1. The summed E-state index contributed by atoms with van der Waals surface area (Å²) < 4.78 is 1.84. The monoisotopic (exact) mass is 283 g/mol. The Kier molecular flexibility index (Phi) is 3.32. The third-order valence-corrected chi connectivity index (χ3v) is 4.35. The number of anilines is 1. The summed E-state index contributed by atoms with van der Waals surface area (Å²) in [6.07, 6.45) is 0.878. The van der Waals surface area contributed by atoms with Crippen molar-refractivity contribution in [2.24, 2.45) is 0 Å². The van der Waals surface area contributed by atoms with Gasteiger partial charge in [0.15, 0.2) is 0 Å². The fourth-order valence-electron chi connectivity index (χ4n) is 2.40. The van der Waals surface area contributed by atoms with E-state index in [4.69, 9.17) is 10.8 Å². The fraction of sp³-hybridized carbons (Fsp3) is 0.188. The van der Waals surface area contributed by atoms with Crippen LogP contribution >= 0.6 is 11.3 Å². The van der Waals surface area contributed by atoms with Gasteiger partial charge >= 0.3 is 0 Å². The second-order valence-corrected chi connectivity index (χ2v) is 5.53. The summed E-state index contributed by atoms with van der Waals surface area (Å²) in [7, 11) is 0. The van der Waals surface area contributed by atoms with Crippen LogP contribution in [0.3, 0.4) is 0 Å². The Labute approximate surface area is 122 Å². The zero-order valence-electron chi connectivity index (χ0n) is 11.6. The van der Waals surface area contributed by atoms with E-state index in [1.165, 1.54) is 11.1 Å². The Morgan fingerprint density at radius 3 is 2.55 bits per heavy atom. The van der Waals surface area contributed by atoms with Crippen molar-refractivity contribution in [3.63, 3.8) is 0 Å². The van der Waals surface area contributed by atoms with E-state index in [9.17, 15) is 0 Å². The normalized spacial score (nSPS) is 10.9. The molecule has 1 aromatic carbocycles. The SMILES string of the molecule is CCc1c(-c2cscc2C)nn(-c2ccccc2)c1N. The van der Waals surface area contributed by atoms with Crippen LogP contribution < -0.4 is 5.73 Å². The van der Waals surface area contributed by atoms with Crippen LogP contribution in [0.1, 0.15) is 18.1 Å². The van der Waals surface area contributed by atoms with Crippen LogP contribution in [0, 0.1) is 6.92 Å². The van der Waals surface area contributed by atoms with Gasteiger partial charge in [0.25, 0.3) is 0 Å². The lowest BCUT2D eigenvalue weighted by Gasteiger charge is -2.03. The molecule has 4 heteroatoms. The van der Waals surface area contributed by atoms with E-state index >= 15 is 0 Å². The molecule has 0 fully saturated rings. The molecule has 3 rings (SSSR count). The van der Waals surface area contributed by atoms with Crippen molar-refractivity contribution in [1.29, 1.82) is 0 Å². The van der Waals surface area contributed by atoms with E-state index in [0.29, 0.717) is 0 Å². The van der Waals surface area contributed by atoms with Crippen LogP contribution in [0.4, 0.5) is 5.82 Å². The lowest BCUT2D eigenvalue weighted by molar-refractivity contribution is 0.894. The van der Waals surface area contributed by atoms with Gasteiger partial charge in [0.2, 0.25) is 0 Å². The third kappa shape index (κ3) is 2.02. The number of hydrogen-bond acceptors (Lipinski definition) is 3. The number of nitrogen functional groups attached to an aromatic ring is 1. The average molecular weight is 283 g/mol. The molecule has 20 heavy (non-hydrogen) atoms. The molecule has 0 spiro atoms. The number of nitrogens with two attached hydrogens (primary N) is 1. The molecule has 2 N–H and O–H groups in total. The molecule has 3 nitrogen and oxygen atoms in total. The first-order chi connectivity index (χ1) is 9.72. The van der Waals surface area contributed by atoms with Gasteiger partial charge in [0.1, 0.15) is 5.82 Å². The molecule has 3 aromatic rings. The Morgan fingerprint density at radius 2 is 1.95 bits per heavy atom. The summed E-state index contributed by atoms with van der Waals surface area (Å²) in [5, 5.41) is 9.04. The number of aromatic nitrogens is 2. The van der Waals surface area contributed by atoms with Gasteiger partial charge in [-0.05, 0) is 36.4 Å². The molecule has 0 bridgehead atoms.